The van der Waals surface area contributed by atoms with Gasteiger partial charge in [-0.1, -0.05) is 12.5 Å². The second-order valence-corrected chi connectivity index (χ2v) is 5.78. The number of halogens is 3. The Morgan fingerprint density at radius 1 is 1.38 bits per heavy atom. The normalized spacial score (nSPS) is 26.3. The summed E-state index contributed by atoms with van der Waals surface area (Å²) in [6.45, 7) is 0.194. The van der Waals surface area contributed by atoms with Crippen LogP contribution in [-0.4, -0.2) is 28.9 Å². The van der Waals surface area contributed by atoms with Crippen molar-refractivity contribution in [3.8, 4) is 0 Å². The summed E-state index contributed by atoms with van der Waals surface area (Å²) in [5.74, 6) is -2.03. The van der Waals surface area contributed by atoms with Gasteiger partial charge in [0.15, 0.2) is 0 Å². The van der Waals surface area contributed by atoms with Crippen LogP contribution in [0.1, 0.15) is 37.2 Å². The van der Waals surface area contributed by atoms with Crippen LogP contribution in [0.2, 0.25) is 0 Å². The zero-order valence-electron chi connectivity index (χ0n) is 11.8. The molecule has 1 aliphatic rings. The van der Waals surface area contributed by atoms with Gasteiger partial charge in [0.2, 0.25) is 0 Å². The third-order valence-corrected chi connectivity index (χ3v) is 4.44. The first-order valence-corrected chi connectivity index (χ1v) is 7.28. The summed E-state index contributed by atoms with van der Waals surface area (Å²) >= 11 is 0. The second-order valence-electron chi connectivity index (χ2n) is 5.78. The van der Waals surface area contributed by atoms with Crippen molar-refractivity contribution in [2.75, 3.05) is 6.54 Å². The predicted molar refractivity (Wildman–Crippen MR) is 73.5 cm³/mol. The van der Waals surface area contributed by atoms with E-state index in [0.717, 1.165) is 5.56 Å². The van der Waals surface area contributed by atoms with Gasteiger partial charge in [-0.25, -0.2) is 0 Å². The molecular formula is C15H21F3N2O. The quantitative estimate of drug-likeness (QED) is 0.899. The predicted octanol–water partition coefficient (Wildman–Crippen LogP) is 2.85. The Hall–Kier alpha value is -1.14. The Morgan fingerprint density at radius 2 is 2.14 bits per heavy atom. The Balaban J connectivity index is 2.09. The molecule has 118 valence electrons. The number of nitrogens with zero attached hydrogens (tertiary/aromatic N) is 1. The first-order valence-electron chi connectivity index (χ1n) is 7.28. The molecule has 6 heteroatoms. The number of alkyl halides is 3. The first kappa shape index (κ1) is 16.2. The molecule has 0 radical (unpaired) electrons. The molecule has 0 saturated heterocycles. The summed E-state index contributed by atoms with van der Waals surface area (Å²) in [6.07, 6.45) is -0.543. The average molecular weight is 302 g/mol. The van der Waals surface area contributed by atoms with Crippen molar-refractivity contribution in [1.29, 1.82) is 0 Å². The van der Waals surface area contributed by atoms with Gasteiger partial charge in [-0.15, -0.1) is 0 Å². The third kappa shape index (κ3) is 3.95. The van der Waals surface area contributed by atoms with E-state index in [1.54, 1.807) is 24.5 Å². The minimum absolute atomic E-state index is 0.0125. The number of pyridine rings is 1. The lowest BCUT2D eigenvalue weighted by Gasteiger charge is -2.36. The molecule has 3 N–H and O–H groups in total. The van der Waals surface area contributed by atoms with E-state index < -0.39 is 18.2 Å². The molecule has 4 unspecified atom stereocenters. The monoisotopic (exact) mass is 302 g/mol. The molecule has 0 spiro atoms. The van der Waals surface area contributed by atoms with Crippen molar-refractivity contribution in [2.24, 2.45) is 17.6 Å². The standard InChI is InChI=1S/C15H21F3N2O/c16-15(17,18)12-5-1-3-10(7-12)14(21)13(8-19)11-4-2-6-20-9-11/h2,4,6,9-10,12-14,21H,1,3,5,7-8,19H2. The van der Waals surface area contributed by atoms with Gasteiger partial charge in [-0.3, -0.25) is 4.98 Å². The van der Waals surface area contributed by atoms with E-state index in [-0.39, 0.29) is 31.2 Å². The highest BCUT2D eigenvalue weighted by atomic mass is 19.4. The minimum atomic E-state index is -4.18. The zero-order chi connectivity index (χ0) is 15.5. The zero-order valence-corrected chi connectivity index (χ0v) is 11.8. The minimum Gasteiger partial charge on any atom is -0.392 e. The van der Waals surface area contributed by atoms with Crippen LogP contribution in [0, 0.1) is 11.8 Å². The Kier molecular flexibility index (Phi) is 5.22. The summed E-state index contributed by atoms with van der Waals surface area (Å²) in [7, 11) is 0. The lowest BCUT2D eigenvalue weighted by molar-refractivity contribution is -0.189. The number of hydrogen-bond acceptors (Lipinski definition) is 3. The van der Waals surface area contributed by atoms with Crippen molar-refractivity contribution in [3.63, 3.8) is 0 Å². The Morgan fingerprint density at radius 3 is 2.71 bits per heavy atom. The van der Waals surface area contributed by atoms with E-state index >= 15 is 0 Å². The van der Waals surface area contributed by atoms with Gasteiger partial charge in [0.1, 0.15) is 0 Å². The van der Waals surface area contributed by atoms with Crippen molar-refractivity contribution in [2.45, 2.75) is 43.9 Å². The van der Waals surface area contributed by atoms with Crippen LogP contribution in [0.4, 0.5) is 13.2 Å². The molecule has 3 nitrogen and oxygen atoms in total. The number of rotatable bonds is 4. The van der Waals surface area contributed by atoms with Gasteiger partial charge >= 0.3 is 6.18 Å². The molecule has 0 aromatic carbocycles. The van der Waals surface area contributed by atoms with E-state index in [2.05, 4.69) is 4.98 Å². The van der Waals surface area contributed by atoms with E-state index in [0.29, 0.717) is 12.8 Å². The highest BCUT2D eigenvalue weighted by Gasteiger charge is 2.44. The number of aliphatic hydroxyl groups excluding tert-OH is 1. The molecule has 1 fully saturated rings. The van der Waals surface area contributed by atoms with Gasteiger partial charge < -0.3 is 10.8 Å². The van der Waals surface area contributed by atoms with Gasteiger partial charge in [0, 0.05) is 24.9 Å². The van der Waals surface area contributed by atoms with Crippen LogP contribution in [-0.2, 0) is 0 Å². The summed E-state index contributed by atoms with van der Waals surface area (Å²) in [4.78, 5) is 3.99. The largest absolute Gasteiger partial charge is 0.392 e. The fraction of sp³-hybridized carbons (Fsp3) is 0.667. The molecule has 1 aromatic heterocycles. The summed E-state index contributed by atoms with van der Waals surface area (Å²) in [6, 6.07) is 3.54. The van der Waals surface area contributed by atoms with E-state index in [4.69, 9.17) is 5.73 Å². The van der Waals surface area contributed by atoms with Gasteiger partial charge in [0.05, 0.1) is 12.0 Å². The van der Waals surface area contributed by atoms with Crippen molar-refractivity contribution >= 4 is 0 Å². The molecular weight excluding hydrogens is 281 g/mol. The Labute approximate surface area is 122 Å². The van der Waals surface area contributed by atoms with Gasteiger partial charge in [0.25, 0.3) is 0 Å². The molecule has 0 amide bonds. The van der Waals surface area contributed by atoms with E-state index in [9.17, 15) is 18.3 Å². The SMILES string of the molecule is NCC(c1cccnc1)C(O)C1CCCC(C(F)(F)F)C1. The summed E-state index contributed by atoms with van der Waals surface area (Å²) in [5.41, 5.74) is 6.50. The van der Waals surface area contributed by atoms with Gasteiger partial charge in [-0.2, -0.15) is 13.2 Å². The number of aliphatic hydroxyl groups is 1. The van der Waals surface area contributed by atoms with Crippen molar-refractivity contribution in [1.82, 2.24) is 4.98 Å². The maximum Gasteiger partial charge on any atom is 0.391 e. The molecule has 2 rings (SSSR count). The van der Waals surface area contributed by atoms with E-state index in [1.165, 1.54) is 0 Å². The van der Waals surface area contributed by atoms with Crippen LogP contribution in [0.3, 0.4) is 0 Å². The molecule has 1 saturated carbocycles. The lowest BCUT2D eigenvalue weighted by Crippen LogP contribution is -2.38. The smallest absolute Gasteiger partial charge is 0.391 e. The first-order chi connectivity index (χ1) is 9.93. The van der Waals surface area contributed by atoms with Crippen LogP contribution in [0.25, 0.3) is 0 Å². The topological polar surface area (TPSA) is 59.1 Å². The Bertz CT molecular complexity index is 438. The molecule has 0 bridgehead atoms. The molecule has 4 atom stereocenters. The molecule has 1 heterocycles. The van der Waals surface area contributed by atoms with Crippen molar-refractivity contribution < 1.29 is 18.3 Å². The van der Waals surface area contributed by atoms with Crippen LogP contribution < -0.4 is 5.73 Å². The third-order valence-electron chi connectivity index (χ3n) is 4.44. The molecule has 1 aliphatic carbocycles. The van der Waals surface area contributed by atoms with Gasteiger partial charge in [-0.05, 0) is 36.8 Å². The maximum absolute atomic E-state index is 12.9. The summed E-state index contributed by atoms with van der Waals surface area (Å²) in [5, 5.41) is 10.5. The van der Waals surface area contributed by atoms with Crippen LogP contribution in [0.5, 0.6) is 0 Å². The fourth-order valence-corrected chi connectivity index (χ4v) is 3.23. The number of aromatic nitrogens is 1. The van der Waals surface area contributed by atoms with Crippen LogP contribution >= 0.6 is 0 Å². The fourth-order valence-electron chi connectivity index (χ4n) is 3.23. The highest BCUT2D eigenvalue weighted by molar-refractivity contribution is 5.17. The number of nitrogens with two attached hydrogens (primary N) is 1. The second kappa shape index (κ2) is 6.75. The summed E-state index contributed by atoms with van der Waals surface area (Å²) < 4.78 is 38.6. The lowest BCUT2D eigenvalue weighted by atomic mass is 9.74. The number of hydrogen-bond donors (Lipinski definition) is 2. The van der Waals surface area contributed by atoms with Crippen LogP contribution in [0.15, 0.2) is 24.5 Å². The van der Waals surface area contributed by atoms with E-state index in [1.807, 2.05) is 0 Å². The molecule has 1 aromatic rings. The molecule has 21 heavy (non-hydrogen) atoms. The average Bonchev–Trinajstić information content (AvgIpc) is 2.48. The highest BCUT2D eigenvalue weighted by Crippen LogP contribution is 2.42. The van der Waals surface area contributed by atoms with Crippen molar-refractivity contribution in [3.05, 3.63) is 30.1 Å². The maximum atomic E-state index is 12.9. The molecule has 0 aliphatic heterocycles.